The fourth-order valence-corrected chi connectivity index (χ4v) is 4.69. The monoisotopic (exact) mass is 715 g/mol. The molecule has 0 aromatic heterocycles. The van der Waals surface area contributed by atoms with Gasteiger partial charge in [-0.2, -0.15) is 0 Å². The van der Waals surface area contributed by atoms with Gasteiger partial charge in [0.25, 0.3) is 0 Å². The molecule has 0 saturated carbocycles. The summed E-state index contributed by atoms with van der Waals surface area (Å²) in [7, 11) is -4.40. The van der Waals surface area contributed by atoms with E-state index in [0.29, 0.717) is 12.8 Å². The zero-order valence-electron chi connectivity index (χ0n) is 30.3. The Hall–Kier alpha value is -3.33. The molecule has 10 heteroatoms. The second kappa shape index (κ2) is 35.5. The maximum atomic E-state index is 12.5. The van der Waals surface area contributed by atoms with E-state index in [0.717, 1.165) is 57.8 Å². The summed E-state index contributed by atoms with van der Waals surface area (Å²) in [4.78, 5) is 34.6. The number of nitrogens with two attached hydrogens (primary N) is 1. The molecule has 0 aliphatic rings. The molecule has 0 aromatic carbocycles. The van der Waals surface area contributed by atoms with Gasteiger partial charge in [-0.1, -0.05) is 130 Å². The predicted octanol–water partition coefficient (Wildman–Crippen LogP) is 9.65. The first kappa shape index (κ1) is 46.7. The van der Waals surface area contributed by atoms with Crippen LogP contribution in [0.5, 0.6) is 0 Å². The van der Waals surface area contributed by atoms with Crippen molar-refractivity contribution in [2.45, 2.75) is 103 Å². The van der Waals surface area contributed by atoms with Crippen LogP contribution >= 0.6 is 7.82 Å². The number of carbonyl (C=O) groups is 2. The Morgan fingerprint density at radius 3 is 1.78 bits per heavy atom. The van der Waals surface area contributed by atoms with Crippen molar-refractivity contribution in [3.8, 4) is 0 Å². The van der Waals surface area contributed by atoms with Crippen molar-refractivity contribution in [2.75, 3.05) is 26.4 Å². The minimum absolute atomic E-state index is 0.0304. The predicted molar refractivity (Wildman–Crippen MR) is 205 cm³/mol. The van der Waals surface area contributed by atoms with E-state index in [4.69, 9.17) is 24.3 Å². The second-order valence-corrected chi connectivity index (χ2v) is 12.5. The van der Waals surface area contributed by atoms with Gasteiger partial charge in [-0.05, 0) is 64.2 Å². The van der Waals surface area contributed by atoms with E-state index in [2.05, 4.69) is 74.6 Å². The van der Waals surface area contributed by atoms with Crippen LogP contribution < -0.4 is 5.73 Å². The highest BCUT2D eigenvalue weighted by atomic mass is 31.2. The summed E-state index contributed by atoms with van der Waals surface area (Å²) in [5, 5.41) is 0. The molecule has 280 valence electrons. The Labute approximate surface area is 301 Å². The standard InChI is InChI=1S/C40H62NO8P/c1-3-5-7-9-11-13-15-17-18-19-21-22-24-26-28-30-32-39(42)46-36-38(37-48-50(44,45)47-35-34-41)49-40(43)33-31-29-27-25-23-20-16-14-12-10-8-6-4-2/h5-8,10-14,16-18,20-23,26,28,38H,3-4,9,15,19,24-25,27,29-37,41H2,1-2H3,(H,44,45)/b7-5+,8-6+,12-10+,13-11+,16-14+,18-17+,22-21+,23-20+,28-26+. The highest BCUT2D eigenvalue weighted by molar-refractivity contribution is 7.47. The quantitative estimate of drug-likeness (QED) is 0.0237. The molecule has 9 nitrogen and oxygen atoms in total. The fraction of sp³-hybridized carbons (Fsp3) is 0.500. The van der Waals surface area contributed by atoms with Crippen LogP contribution in [0.25, 0.3) is 0 Å². The van der Waals surface area contributed by atoms with Crippen LogP contribution in [0.4, 0.5) is 0 Å². The van der Waals surface area contributed by atoms with Gasteiger partial charge in [0.05, 0.1) is 13.2 Å². The van der Waals surface area contributed by atoms with E-state index in [1.165, 1.54) is 0 Å². The minimum Gasteiger partial charge on any atom is -0.462 e. The third-order valence-electron chi connectivity index (χ3n) is 6.51. The highest BCUT2D eigenvalue weighted by Gasteiger charge is 2.25. The summed E-state index contributed by atoms with van der Waals surface area (Å²) in [6.07, 6.45) is 45.7. The Kier molecular flexibility index (Phi) is 33.1. The minimum atomic E-state index is -4.40. The molecule has 50 heavy (non-hydrogen) atoms. The molecular formula is C40H62NO8P. The van der Waals surface area contributed by atoms with Crippen LogP contribution in [0.1, 0.15) is 97.3 Å². The Bertz CT molecular complexity index is 1180. The molecule has 0 saturated heterocycles. The normalized spacial score (nSPS) is 14.7. The lowest BCUT2D eigenvalue weighted by molar-refractivity contribution is -0.161. The number of allylic oxidation sites excluding steroid dienone is 18. The zero-order chi connectivity index (χ0) is 36.8. The molecule has 0 heterocycles. The van der Waals surface area contributed by atoms with Crippen LogP contribution in [-0.2, 0) is 32.7 Å². The van der Waals surface area contributed by atoms with Gasteiger partial charge in [-0.3, -0.25) is 18.6 Å². The summed E-state index contributed by atoms with van der Waals surface area (Å²) in [5.74, 6) is -0.989. The molecule has 0 rings (SSSR count). The van der Waals surface area contributed by atoms with Crippen molar-refractivity contribution < 1.29 is 37.6 Å². The molecule has 0 amide bonds. The van der Waals surface area contributed by atoms with Crippen molar-refractivity contribution >= 4 is 19.8 Å². The SMILES string of the molecule is CC/C=C/C=C/C=C/C=C/CCCCCC(=O)OC(COC(=O)CC/C=C/C/C=C/C/C=C/C/C=C/C/C=C/CC)COP(=O)(O)OCCN. The number of ether oxygens (including phenoxy) is 2. The smallest absolute Gasteiger partial charge is 0.462 e. The largest absolute Gasteiger partial charge is 0.472 e. The lowest BCUT2D eigenvalue weighted by Gasteiger charge is -2.19. The van der Waals surface area contributed by atoms with Crippen molar-refractivity contribution in [2.24, 2.45) is 5.73 Å². The molecule has 0 fully saturated rings. The summed E-state index contributed by atoms with van der Waals surface area (Å²) in [6.45, 7) is 3.28. The summed E-state index contributed by atoms with van der Waals surface area (Å²) >= 11 is 0. The highest BCUT2D eigenvalue weighted by Crippen LogP contribution is 2.43. The number of phosphoric ester groups is 1. The Morgan fingerprint density at radius 2 is 1.18 bits per heavy atom. The van der Waals surface area contributed by atoms with Gasteiger partial charge < -0.3 is 20.1 Å². The van der Waals surface area contributed by atoms with Gasteiger partial charge in [0.1, 0.15) is 6.61 Å². The van der Waals surface area contributed by atoms with Crippen LogP contribution in [0.15, 0.2) is 109 Å². The van der Waals surface area contributed by atoms with E-state index in [-0.39, 0.29) is 32.6 Å². The molecule has 0 aliphatic heterocycles. The average molecular weight is 716 g/mol. The maximum absolute atomic E-state index is 12.5. The molecule has 0 aliphatic carbocycles. The van der Waals surface area contributed by atoms with Gasteiger partial charge in [0, 0.05) is 19.4 Å². The third-order valence-corrected chi connectivity index (χ3v) is 7.50. The zero-order valence-corrected chi connectivity index (χ0v) is 31.2. The first-order chi connectivity index (χ1) is 24.3. The van der Waals surface area contributed by atoms with E-state index in [1.807, 2.05) is 48.6 Å². The molecule has 3 N–H and O–H groups in total. The lowest BCUT2D eigenvalue weighted by Crippen LogP contribution is -2.29. The Balaban J connectivity index is 4.48. The topological polar surface area (TPSA) is 134 Å². The number of carbonyl (C=O) groups excluding carboxylic acids is 2. The van der Waals surface area contributed by atoms with Crippen LogP contribution in [0.3, 0.4) is 0 Å². The number of phosphoric acid groups is 1. The third kappa shape index (κ3) is 34.5. The first-order valence-corrected chi connectivity index (χ1v) is 19.4. The molecule has 2 unspecified atom stereocenters. The molecule has 0 bridgehead atoms. The lowest BCUT2D eigenvalue weighted by atomic mass is 10.1. The first-order valence-electron chi connectivity index (χ1n) is 17.9. The maximum Gasteiger partial charge on any atom is 0.472 e. The molecule has 0 aromatic rings. The number of hydrogen-bond acceptors (Lipinski definition) is 8. The van der Waals surface area contributed by atoms with Crippen molar-refractivity contribution in [1.29, 1.82) is 0 Å². The number of unbranched alkanes of at least 4 members (excludes halogenated alkanes) is 3. The van der Waals surface area contributed by atoms with Gasteiger partial charge in [0.2, 0.25) is 0 Å². The summed E-state index contributed by atoms with van der Waals surface area (Å²) in [6, 6.07) is 0. The van der Waals surface area contributed by atoms with Crippen LogP contribution in [0.2, 0.25) is 0 Å². The van der Waals surface area contributed by atoms with Crippen molar-refractivity contribution in [1.82, 2.24) is 0 Å². The molecule has 2 atom stereocenters. The molecule has 0 spiro atoms. The average Bonchev–Trinajstić information content (AvgIpc) is 3.10. The summed E-state index contributed by atoms with van der Waals surface area (Å²) in [5.41, 5.74) is 5.31. The van der Waals surface area contributed by atoms with E-state index < -0.39 is 32.5 Å². The molecule has 0 radical (unpaired) electrons. The van der Waals surface area contributed by atoms with Crippen LogP contribution in [-0.4, -0.2) is 49.3 Å². The number of esters is 2. The molecular weight excluding hydrogens is 653 g/mol. The number of hydrogen-bond donors (Lipinski definition) is 2. The van der Waals surface area contributed by atoms with Crippen LogP contribution in [0, 0.1) is 0 Å². The van der Waals surface area contributed by atoms with Gasteiger partial charge in [0.15, 0.2) is 6.10 Å². The van der Waals surface area contributed by atoms with E-state index in [1.54, 1.807) is 0 Å². The van der Waals surface area contributed by atoms with Crippen molar-refractivity contribution in [3.05, 3.63) is 109 Å². The second-order valence-electron chi connectivity index (χ2n) is 11.1. The van der Waals surface area contributed by atoms with E-state index >= 15 is 0 Å². The fourth-order valence-electron chi connectivity index (χ4n) is 3.93. The van der Waals surface area contributed by atoms with Gasteiger partial charge in [-0.15, -0.1) is 0 Å². The van der Waals surface area contributed by atoms with Crippen molar-refractivity contribution in [3.63, 3.8) is 0 Å². The van der Waals surface area contributed by atoms with Gasteiger partial charge >= 0.3 is 19.8 Å². The Morgan fingerprint density at radius 1 is 0.620 bits per heavy atom. The number of rotatable bonds is 31. The summed E-state index contributed by atoms with van der Waals surface area (Å²) < 4.78 is 32.5. The van der Waals surface area contributed by atoms with Gasteiger partial charge in [-0.25, -0.2) is 4.57 Å². The van der Waals surface area contributed by atoms with E-state index in [9.17, 15) is 19.0 Å².